The van der Waals surface area contributed by atoms with E-state index in [2.05, 4.69) is 78.9 Å². The normalized spacial score (nSPS) is 11.4. The van der Waals surface area contributed by atoms with Gasteiger partial charge in [-0.15, -0.1) is 0 Å². The molecule has 0 bridgehead atoms. The van der Waals surface area contributed by atoms with Gasteiger partial charge in [-0.05, 0) is 70.3 Å². The van der Waals surface area contributed by atoms with Crippen LogP contribution < -0.4 is 0 Å². The van der Waals surface area contributed by atoms with Gasteiger partial charge < -0.3 is 8.83 Å². The van der Waals surface area contributed by atoms with E-state index in [1.807, 2.05) is 115 Å². The zero-order chi connectivity index (χ0) is 38.4. The van der Waals surface area contributed by atoms with E-state index in [9.17, 15) is 0 Å². The Kier molecular flexibility index (Phi) is 8.04. The van der Waals surface area contributed by atoms with E-state index >= 15 is 0 Å². The van der Waals surface area contributed by atoms with E-state index in [-0.39, 0.29) is 0 Å². The molecule has 0 aliphatic heterocycles. The van der Waals surface area contributed by atoms with Crippen LogP contribution in [-0.2, 0) is 0 Å². The summed E-state index contributed by atoms with van der Waals surface area (Å²) in [5, 5.41) is 2.06. The number of oxazole rings is 1. The molecule has 0 amide bonds. The van der Waals surface area contributed by atoms with Crippen molar-refractivity contribution in [3.05, 3.63) is 194 Å². The molecule has 6 heteroatoms. The highest BCUT2D eigenvalue weighted by molar-refractivity contribution is 6.08. The molecule has 6 nitrogen and oxygen atoms in total. The van der Waals surface area contributed by atoms with Crippen molar-refractivity contribution in [2.45, 2.75) is 0 Å². The minimum absolute atomic E-state index is 0.586. The molecule has 0 aliphatic carbocycles. The van der Waals surface area contributed by atoms with E-state index in [1.54, 1.807) is 0 Å². The van der Waals surface area contributed by atoms with Crippen LogP contribution in [0.1, 0.15) is 0 Å². The van der Waals surface area contributed by atoms with E-state index in [0.717, 1.165) is 88.7 Å². The standard InChI is InChI=1S/C52H32N4O2/c1-4-14-33(15-5-1)36-20-12-21-39(30-36)52-53-48-41(24-13-25-46(48)58-52)38-26-28-42-44-31-37(27-29-45(44)57-47(42)32-38)40-22-10-11-23-43(40)51-55-49(34-16-6-2-7-17-34)54-50(56-51)35-18-8-3-9-19-35/h1-32H. The molecular formula is C52H32N4O2. The Bertz CT molecular complexity index is 3220. The largest absolute Gasteiger partial charge is 0.456 e. The lowest BCUT2D eigenvalue weighted by molar-refractivity contribution is 0.620. The van der Waals surface area contributed by atoms with Gasteiger partial charge in [0.25, 0.3) is 0 Å². The molecule has 0 radical (unpaired) electrons. The number of aromatic nitrogens is 4. The van der Waals surface area contributed by atoms with Crippen LogP contribution in [-0.4, -0.2) is 19.9 Å². The Balaban J connectivity index is 0.973. The highest BCUT2D eigenvalue weighted by Gasteiger charge is 2.18. The van der Waals surface area contributed by atoms with Gasteiger partial charge in [0.1, 0.15) is 16.7 Å². The maximum absolute atomic E-state index is 6.51. The smallest absolute Gasteiger partial charge is 0.227 e. The summed E-state index contributed by atoms with van der Waals surface area (Å²) in [6.07, 6.45) is 0. The monoisotopic (exact) mass is 744 g/mol. The topological polar surface area (TPSA) is 77.8 Å². The summed E-state index contributed by atoms with van der Waals surface area (Å²) in [5.74, 6) is 2.45. The zero-order valence-electron chi connectivity index (χ0n) is 31.1. The van der Waals surface area contributed by atoms with Gasteiger partial charge in [0.15, 0.2) is 23.1 Å². The number of para-hydroxylation sites is 1. The highest BCUT2D eigenvalue weighted by Crippen LogP contribution is 2.39. The van der Waals surface area contributed by atoms with Gasteiger partial charge >= 0.3 is 0 Å². The Morgan fingerprint density at radius 3 is 1.59 bits per heavy atom. The van der Waals surface area contributed by atoms with Crippen LogP contribution in [0.2, 0.25) is 0 Å². The fourth-order valence-corrected chi connectivity index (χ4v) is 7.74. The minimum atomic E-state index is 0.586. The van der Waals surface area contributed by atoms with E-state index in [0.29, 0.717) is 23.4 Å². The number of rotatable bonds is 7. The first kappa shape index (κ1) is 33.4. The van der Waals surface area contributed by atoms with Crippen molar-refractivity contribution in [3.63, 3.8) is 0 Å². The SMILES string of the molecule is c1ccc(-c2cccc(-c3nc4c(-c5ccc6c(c5)oc5ccc(-c7ccccc7-c7nc(-c8ccccc8)nc(-c8ccccc8)n7)cc56)cccc4o3)c2)cc1. The number of furan rings is 1. The van der Waals surface area contributed by atoms with Crippen LogP contribution in [0.4, 0.5) is 0 Å². The molecule has 0 saturated carbocycles. The lowest BCUT2D eigenvalue weighted by atomic mass is 9.97. The molecule has 3 heterocycles. The average Bonchev–Trinajstić information content (AvgIpc) is 3.91. The van der Waals surface area contributed by atoms with E-state index in [4.69, 9.17) is 28.8 Å². The first-order valence-corrected chi connectivity index (χ1v) is 19.2. The van der Waals surface area contributed by atoms with Crippen LogP contribution in [0.5, 0.6) is 0 Å². The number of hydrogen-bond acceptors (Lipinski definition) is 6. The second-order valence-electron chi connectivity index (χ2n) is 14.2. The lowest BCUT2D eigenvalue weighted by Gasteiger charge is -2.12. The molecule has 0 fully saturated rings. The Labute approximate surface area is 333 Å². The quantitative estimate of drug-likeness (QED) is 0.162. The van der Waals surface area contributed by atoms with Gasteiger partial charge in [0, 0.05) is 38.6 Å². The second-order valence-corrected chi connectivity index (χ2v) is 14.2. The van der Waals surface area contributed by atoms with Gasteiger partial charge in [-0.3, -0.25) is 0 Å². The van der Waals surface area contributed by atoms with Crippen LogP contribution >= 0.6 is 0 Å². The highest BCUT2D eigenvalue weighted by atomic mass is 16.3. The third-order valence-electron chi connectivity index (χ3n) is 10.6. The Hall–Kier alpha value is -7.96. The first-order chi connectivity index (χ1) is 28.7. The fraction of sp³-hybridized carbons (Fsp3) is 0. The van der Waals surface area contributed by atoms with Crippen LogP contribution in [0, 0.1) is 0 Å². The summed E-state index contributed by atoms with van der Waals surface area (Å²) in [7, 11) is 0. The van der Waals surface area contributed by atoms with Gasteiger partial charge in [0.05, 0.1) is 0 Å². The molecule has 0 atom stereocenters. The lowest BCUT2D eigenvalue weighted by Crippen LogP contribution is -2.01. The summed E-state index contributed by atoms with van der Waals surface area (Å²) in [6, 6.07) is 65.8. The van der Waals surface area contributed by atoms with Gasteiger partial charge in [-0.2, -0.15) is 0 Å². The molecule has 11 rings (SSSR count). The molecule has 8 aromatic carbocycles. The maximum Gasteiger partial charge on any atom is 0.227 e. The summed E-state index contributed by atoms with van der Waals surface area (Å²) in [5.41, 5.74) is 13.1. The first-order valence-electron chi connectivity index (χ1n) is 19.2. The molecule has 0 saturated heterocycles. The number of nitrogens with zero attached hydrogens (tertiary/aromatic N) is 4. The third-order valence-corrected chi connectivity index (χ3v) is 10.6. The van der Waals surface area contributed by atoms with Gasteiger partial charge in [0.2, 0.25) is 5.89 Å². The molecule has 58 heavy (non-hydrogen) atoms. The average molecular weight is 745 g/mol. The number of fused-ring (bicyclic) bond motifs is 4. The molecule has 272 valence electrons. The van der Waals surface area contributed by atoms with Crippen molar-refractivity contribution in [1.82, 2.24) is 19.9 Å². The molecule has 0 N–H and O–H groups in total. The summed E-state index contributed by atoms with van der Waals surface area (Å²) < 4.78 is 12.9. The summed E-state index contributed by atoms with van der Waals surface area (Å²) in [6.45, 7) is 0. The van der Waals surface area contributed by atoms with Gasteiger partial charge in [-0.1, -0.05) is 152 Å². The van der Waals surface area contributed by atoms with Crippen molar-refractivity contribution in [2.24, 2.45) is 0 Å². The third kappa shape index (κ3) is 6.01. The van der Waals surface area contributed by atoms with Crippen molar-refractivity contribution in [1.29, 1.82) is 0 Å². The molecule has 11 aromatic rings. The minimum Gasteiger partial charge on any atom is -0.456 e. The second kappa shape index (κ2) is 14.0. The maximum atomic E-state index is 6.51. The summed E-state index contributed by atoms with van der Waals surface area (Å²) in [4.78, 5) is 20.0. The molecule has 0 spiro atoms. The van der Waals surface area contributed by atoms with Gasteiger partial charge in [-0.25, -0.2) is 19.9 Å². The number of benzene rings is 8. The van der Waals surface area contributed by atoms with Crippen molar-refractivity contribution in [3.8, 4) is 79.0 Å². The zero-order valence-corrected chi connectivity index (χ0v) is 31.1. The van der Waals surface area contributed by atoms with Crippen LogP contribution in [0.25, 0.3) is 112 Å². The van der Waals surface area contributed by atoms with Crippen molar-refractivity contribution < 1.29 is 8.83 Å². The Morgan fingerprint density at radius 2 is 0.845 bits per heavy atom. The predicted molar refractivity (Wildman–Crippen MR) is 233 cm³/mol. The predicted octanol–water partition coefficient (Wildman–Crippen LogP) is 13.6. The molecule has 3 aromatic heterocycles. The molecule has 0 aliphatic rings. The Morgan fingerprint density at radius 1 is 0.276 bits per heavy atom. The van der Waals surface area contributed by atoms with Crippen LogP contribution in [0.3, 0.4) is 0 Å². The van der Waals surface area contributed by atoms with E-state index in [1.165, 1.54) is 0 Å². The van der Waals surface area contributed by atoms with Crippen molar-refractivity contribution in [2.75, 3.05) is 0 Å². The summed E-state index contributed by atoms with van der Waals surface area (Å²) >= 11 is 0. The molecule has 0 unspecified atom stereocenters. The molecular weight excluding hydrogens is 713 g/mol. The van der Waals surface area contributed by atoms with E-state index < -0.39 is 0 Å². The number of hydrogen-bond donors (Lipinski definition) is 0. The fourth-order valence-electron chi connectivity index (χ4n) is 7.74. The van der Waals surface area contributed by atoms with Crippen molar-refractivity contribution >= 4 is 33.0 Å². The van der Waals surface area contributed by atoms with Crippen LogP contribution in [0.15, 0.2) is 203 Å².